The molecule has 8 amide bonds. The Morgan fingerprint density at radius 1 is 0.424 bits per heavy atom. The van der Waals surface area contributed by atoms with Crippen molar-refractivity contribution < 1.29 is 67.2 Å². The summed E-state index contributed by atoms with van der Waals surface area (Å²) < 4.78 is 21.6. The third-order valence-electron chi connectivity index (χ3n) is 13.2. The van der Waals surface area contributed by atoms with Gasteiger partial charge >= 0.3 is 5.97 Å². The van der Waals surface area contributed by atoms with E-state index in [9.17, 15) is 48.3 Å². The Kier molecular flexibility index (Phi) is 29.0. The van der Waals surface area contributed by atoms with Gasteiger partial charge in [0.25, 0.3) is 23.6 Å². The van der Waals surface area contributed by atoms with Gasteiger partial charge in [-0.2, -0.15) is 0 Å². The Hall–Kier alpha value is -11.7. The second-order valence-electron chi connectivity index (χ2n) is 20.1. The maximum Gasteiger partial charge on any atom is 0.341 e. The number of carbonyl (C=O) groups is 9. The van der Waals surface area contributed by atoms with Crippen LogP contribution in [0.5, 0.6) is 23.0 Å². The van der Waals surface area contributed by atoms with Gasteiger partial charge in [0.1, 0.15) is 41.1 Å². The van der Waals surface area contributed by atoms with Gasteiger partial charge in [0, 0.05) is 48.9 Å². The molecule has 4 aromatic rings. The smallest absolute Gasteiger partial charge is 0.341 e. The topological polar surface area (TPSA) is 595 Å². The van der Waals surface area contributed by atoms with Gasteiger partial charge in [-0.1, -0.05) is 0 Å². The first-order chi connectivity index (χ1) is 43.7. The van der Waals surface area contributed by atoms with E-state index < -0.39 is 84.0 Å². The van der Waals surface area contributed by atoms with Crippen molar-refractivity contribution >= 4 is 99.8 Å². The highest BCUT2D eigenvalue weighted by molar-refractivity contribution is 6.08. The van der Waals surface area contributed by atoms with Gasteiger partial charge in [-0.15, -0.1) is 0 Å². The zero-order valence-electron chi connectivity index (χ0n) is 50.6. The maximum absolute atomic E-state index is 14.4. The maximum atomic E-state index is 14.4. The number of methoxy groups -OCH3 is 3. The molecule has 0 radical (unpaired) electrons. The van der Waals surface area contributed by atoms with Gasteiger partial charge in [0.05, 0.1) is 49.6 Å². The van der Waals surface area contributed by atoms with Crippen LogP contribution in [0.15, 0.2) is 72.8 Å². The molecule has 0 heterocycles. The molecule has 0 aliphatic carbocycles. The van der Waals surface area contributed by atoms with Crippen LogP contribution in [0.4, 0.5) is 22.7 Å². The van der Waals surface area contributed by atoms with Crippen molar-refractivity contribution in [3.8, 4) is 23.0 Å². The number of carboxylic acids is 1. The number of hydrogen-bond acceptors (Lipinski definition) is 18. The number of nitrogens with two attached hydrogens (primary N) is 6. The molecular weight excluding hydrogens is 1200 g/mol. The van der Waals surface area contributed by atoms with Crippen LogP contribution in [0.25, 0.3) is 0 Å². The van der Waals surface area contributed by atoms with Gasteiger partial charge in [-0.3, -0.25) is 60.0 Å². The number of benzene rings is 4. The lowest BCUT2D eigenvalue weighted by molar-refractivity contribution is -0.139. The number of hydrogen-bond donors (Lipinski definition) is 22. The van der Waals surface area contributed by atoms with Crippen LogP contribution in [-0.4, -0.2) is 160 Å². The molecule has 4 unspecified atom stereocenters. The van der Waals surface area contributed by atoms with Crippen LogP contribution >= 0.6 is 0 Å². The van der Waals surface area contributed by atoms with E-state index in [2.05, 4.69) is 58.5 Å². The Balaban J connectivity index is 1.62. The summed E-state index contributed by atoms with van der Waals surface area (Å²) in [5.41, 5.74) is 32.9. The van der Waals surface area contributed by atoms with E-state index in [0.717, 1.165) is 0 Å². The zero-order chi connectivity index (χ0) is 68.0. The Morgan fingerprint density at radius 3 is 1.01 bits per heavy atom. The Bertz CT molecular complexity index is 3370. The van der Waals surface area contributed by atoms with Crippen LogP contribution < -0.4 is 112 Å². The van der Waals surface area contributed by atoms with E-state index in [1.165, 1.54) is 94.1 Å². The molecule has 0 aliphatic heterocycles. The van der Waals surface area contributed by atoms with Crippen molar-refractivity contribution in [2.24, 2.45) is 34.4 Å². The predicted molar refractivity (Wildman–Crippen MR) is 340 cm³/mol. The van der Waals surface area contributed by atoms with Crippen molar-refractivity contribution in [1.82, 2.24) is 37.2 Å². The third kappa shape index (κ3) is 24.1. The summed E-state index contributed by atoms with van der Waals surface area (Å²) in [4.78, 5) is 122. The highest BCUT2D eigenvalue weighted by atomic mass is 16.5. The number of rotatable bonds is 37. The number of guanidine groups is 4. The standard InChI is InChI=1S/C57H79N21O14/c1-89-41-16-12-29(24-33(41)46(59)81)73-51(86)38(9-5-21-69-55(62)63)76-47(82)34-25-31(13-17-42(34)90-2)74-52(87)39(10-6-22-70-56(64)65)77-48(83)35-26-32(14-18-43(35)91-3)75-53(88)40(11-7-23-71-57(66)67)78-49(84)36-27-30(15-19-44(36)92-28-45(79)80)72-50(85)37(58)8-4-20-68-54(60)61/h12-19,24-27,37-40H,4-11,20-23,28,58H2,1-3H3,(H2,59,81)(H,72,85)(H,73,86)(H,74,87)(H,75,88)(H,76,82)(H,77,83)(H,78,84)(H,79,80)(H4,60,61,68)(H4,62,63,69)(H4,64,65,70)(H4,66,67,71). The fourth-order valence-electron chi connectivity index (χ4n) is 8.66. The van der Waals surface area contributed by atoms with Crippen molar-refractivity contribution in [3.63, 3.8) is 0 Å². The quantitative estimate of drug-likeness (QED) is 0.0143. The SMILES string of the molecule is COc1ccc(NC(=O)C(CCCNC(=N)N)NC(=O)c2cc(NC(=O)C(CCCNC(=N)N)NC(=O)c3cc(NC(=O)C(CCCNC(=N)N)NC(=O)c4cc(NC(=O)C(N)CCCNC(=N)N)ccc4OCC(=O)O)ccc3OC)ccc2OC)cc1C(N)=O. The molecule has 0 bridgehead atoms. The number of primary amides is 1. The minimum Gasteiger partial charge on any atom is -0.496 e. The summed E-state index contributed by atoms with van der Waals surface area (Å²) in [6.07, 6.45) is 0.916. The van der Waals surface area contributed by atoms with Crippen LogP contribution in [0.3, 0.4) is 0 Å². The molecule has 35 nitrogen and oxygen atoms in total. The summed E-state index contributed by atoms with van der Waals surface area (Å²) in [6.45, 7) is -0.277. The van der Waals surface area contributed by atoms with E-state index in [0.29, 0.717) is 6.42 Å². The summed E-state index contributed by atoms with van der Waals surface area (Å²) >= 11 is 0. The van der Waals surface area contributed by atoms with Crippen molar-refractivity contribution in [2.45, 2.75) is 75.5 Å². The molecule has 4 aromatic carbocycles. The van der Waals surface area contributed by atoms with Crippen molar-refractivity contribution in [1.29, 1.82) is 21.6 Å². The Morgan fingerprint density at radius 2 is 0.707 bits per heavy atom. The molecule has 496 valence electrons. The summed E-state index contributed by atoms with van der Waals surface area (Å²) in [7, 11) is 3.89. The average molecular weight is 1280 g/mol. The van der Waals surface area contributed by atoms with Crippen LogP contribution in [0, 0.1) is 21.6 Å². The van der Waals surface area contributed by atoms with Gasteiger partial charge < -0.3 is 117 Å². The number of anilines is 4. The van der Waals surface area contributed by atoms with E-state index in [4.69, 9.17) is 75.0 Å². The van der Waals surface area contributed by atoms with Gasteiger partial charge in [-0.25, -0.2) is 4.79 Å². The number of amides is 8. The first kappa shape index (κ1) is 72.8. The minimum absolute atomic E-state index is 0.00759. The van der Waals surface area contributed by atoms with Crippen molar-refractivity contribution in [2.75, 3.05) is 75.4 Å². The summed E-state index contributed by atoms with van der Waals surface area (Å²) in [6, 6.07) is 10.9. The van der Waals surface area contributed by atoms with E-state index in [1.54, 1.807) is 0 Å². The number of ether oxygens (including phenoxy) is 4. The lowest BCUT2D eigenvalue weighted by atomic mass is 10.1. The van der Waals surface area contributed by atoms with Gasteiger partial charge in [-0.05, 0) is 124 Å². The molecule has 4 atom stereocenters. The fourth-order valence-corrected chi connectivity index (χ4v) is 8.66. The monoisotopic (exact) mass is 1280 g/mol. The van der Waals surface area contributed by atoms with E-state index >= 15 is 0 Å². The fraction of sp³-hybridized carbons (Fsp3) is 0.351. The van der Waals surface area contributed by atoms with Crippen LogP contribution in [0.2, 0.25) is 0 Å². The van der Waals surface area contributed by atoms with E-state index in [-0.39, 0.29) is 163 Å². The lowest BCUT2D eigenvalue weighted by Gasteiger charge is -2.22. The summed E-state index contributed by atoms with van der Waals surface area (Å²) in [5, 5.41) is 68.4. The highest BCUT2D eigenvalue weighted by Crippen LogP contribution is 2.28. The molecule has 4 rings (SSSR count). The first-order valence-electron chi connectivity index (χ1n) is 28.3. The first-order valence-corrected chi connectivity index (χ1v) is 28.3. The predicted octanol–water partition coefficient (Wildman–Crippen LogP) is -1.20. The lowest BCUT2D eigenvalue weighted by Crippen LogP contribution is -2.45. The average Bonchev–Trinajstić information content (AvgIpc) is 1.02. The van der Waals surface area contributed by atoms with Crippen molar-refractivity contribution in [3.05, 3.63) is 95.1 Å². The molecule has 0 spiro atoms. The Labute approximate surface area is 527 Å². The zero-order valence-corrected chi connectivity index (χ0v) is 50.6. The number of nitrogens with one attached hydrogen (secondary N) is 15. The molecule has 0 saturated carbocycles. The van der Waals surface area contributed by atoms with Gasteiger partial charge in [0.2, 0.25) is 23.6 Å². The molecular formula is C57H79N21O14. The molecule has 0 saturated heterocycles. The molecule has 0 aromatic heterocycles. The van der Waals surface area contributed by atoms with Gasteiger partial charge in [0.15, 0.2) is 30.4 Å². The largest absolute Gasteiger partial charge is 0.496 e. The van der Waals surface area contributed by atoms with E-state index in [1.807, 2.05) is 0 Å². The number of carbonyl (C=O) groups excluding carboxylic acids is 8. The van der Waals surface area contributed by atoms with Crippen LogP contribution in [0.1, 0.15) is 92.8 Å². The number of aliphatic carboxylic acids is 1. The molecule has 35 heteroatoms. The molecule has 0 aliphatic rings. The molecule has 0 fully saturated rings. The second kappa shape index (κ2) is 36.6. The third-order valence-corrected chi connectivity index (χ3v) is 13.2. The second-order valence-corrected chi connectivity index (χ2v) is 20.1. The number of carboxylic acid groups (broad SMARTS) is 1. The summed E-state index contributed by atoms with van der Waals surface area (Å²) in [5.74, 6) is -9.25. The van der Waals surface area contributed by atoms with Crippen LogP contribution in [-0.2, 0) is 24.0 Å². The minimum atomic E-state index is -1.40. The normalized spacial score (nSPS) is 11.8. The highest BCUT2D eigenvalue weighted by Gasteiger charge is 2.29. The molecule has 92 heavy (non-hydrogen) atoms. The molecule has 28 N–H and O–H groups in total.